The fourth-order valence-electron chi connectivity index (χ4n) is 3.05. The van der Waals surface area contributed by atoms with Crippen molar-refractivity contribution in [3.63, 3.8) is 0 Å². The molecule has 2 N–H and O–H groups in total. The maximum absolute atomic E-state index is 12.8. The van der Waals surface area contributed by atoms with E-state index in [1.165, 1.54) is 4.90 Å². The van der Waals surface area contributed by atoms with Gasteiger partial charge < -0.3 is 5.73 Å². The Bertz CT molecular complexity index is 398. The van der Waals surface area contributed by atoms with E-state index in [0.717, 1.165) is 0 Å². The van der Waals surface area contributed by atoms with Gasteiger partial charge >= 0.3 is 0 Å². The zero-order valence-electron chi connectivity index (χ0n) is 12.3. The first kappa shape index (κ1) is 16.1. The molecule has 4 nitrogen and oxygen atoms in total. The molecule has 1 heterocycles. The van der Waals surface area contributed by atoms with Gasteiger partial charge in [0, 0.05) is 6.42 Å². The number of thiocarbonyl (C=S) groups is 1. The fraction of sp³-hybridized carbons (Fsp3) is 0.786. The summed E-state index contributed by atoms with van der Waals surface area (Å²) in [5, 5.41) is 0. The number of amides is 2. The van der Waals surface area contributed by atoms with Crippen LogP contribution in [0.15, 0.2) is 0 Å². The lowest BCUT2D eigenvalue weighted by Crippen LogP contribution is -2.59. The Balaban J connectivity index is 3.31. The van der Waals surface area contributed by atoms with Crippen molar-refractivity contribution in [2.45, 2.75) is 65.3 Å². The molecule has 108 valence electrons. The molecule has 0 aromatic heterocycles. The van der Waals surface area contributed by atoms with Crippen molar-refractivity contribution in [1.82, 2.24) is 4.90 Å². The summed E-state index contributed by atoms with van der Waals surface area (Å²) in [5.74, 6) is -0.232. The van der Waals surface area contributed by atoms with Crippen LogP contribution in [-0.4, -0.2) is 27.2 Å². The van der Waals surface area contributed by atoms with Gasteiger partial charge in [0.25, 0.3) is 0 Å². The Morgan fingerprint density at radius 2 is 1.74 bits per heavy atom. The molecule has 0 aliphatic carbocycles. The van der Waals surface area contributed by atoms with E-state index in [1.807, 2.05) is 27.7 Å². The lowest BCUT2D eigenvalue weighted by molar-refractivity contribution is -0.146. The molecule has 1 fully saturated rings. The molecule has 1 aliphatic heterocycles. The fourth-order valence-corrected chi connectivity index (χ4v) is 3.43. The second-order valence-corrected chi connectivity index (χ2v) is 5.74. The molecule has 2 amide bonds. The van der Waals surface area contributed by atoms with Gasteiger partial charge in [-0.05, 0) is 25.7 Å². The maximum atomic E-state index is 12.8. The first-order chi connectivity index (χ1) is 8.85. The standard InChI is InChI=1S/C14H24N2O2S/c1-5-13(6-2)9-10(17)16(12(13)18)14(7-3,8-4)11(15)19/h5-9H2,1-4H3,(H2,15,19). The SMILES string of the molecule is CCC1(CC)CC(=O)N(C(CC)(CC)C(N)=S)C1=O. The average molecular weight is 284 g/mol. The summed E-state index contributed by atoms with van der Waals surface area (Å²) in [4.78, 5) is 26.7. The maximum Gasteiger partial charge on any atom is 0.236 e. The van der Waals surface area contributed by atoms with E-state index in [-0.39, 0.29) is 23.2 Å². The molecule has 0 unspecified atom stereocenters. The average Bonchev–Trinajstić information content (AvgIpc) is 2.65. The Labute approximate surface area is 120 Å². The number of carbonyl (C=O) groups excluding carboxylic acids is 2. The van der Waals surface area contributed by atoms with Crippen LogP contribution in [0.4, 0.5) is 0 Å². The Kier molecular flexibility index (Phi) is 4.72. The minimum absolute atomic E-state index is 0.0981. The second kappa shape index (κ2) is 5.57. The molecule has 0 aromatic rings. The molecule has 0 saturated carbocycles. The van der Waals surface area contributed by atoms with Gasteiger partial charge in [0.2, 0.25) is 11.8 Å². The molecule has 5 heteroatoms. The van der Waals surface area contributed by atoms with E-state index in [2.05, 4.69) is 0 Å². The predicted molar refractivity (Wildman–Crippen MR) is 79.6 cm³/mol. The highest BCUT2D eigenvalue weighted by Gasteiger charge is 2.56. The van der Waals surface area contributed by atoms with Crippen LogP contribution in [0, 0.1) is 5.41 Å². The molecular weight excluding hydrogens is 260 g/mol. The molecule has 1 aliphatic rings. The smallest absolute Gasteiger partial charge is 0.236 e. The van der Waals surface area contributed by atoms with Crippen molar-refractivity contribution >= 4 is 29.0 Å². The largest absolute Gasteiger partial charge is 0.391 e. The van der Waals surface area contributed by atoms with Crippen molar-refractivity contribution in [1.29, 1.82) is 0 Å². The van der Waals surface area contributed by atoms with E-state index in [9.17, 15) is 9.59 Å². The van der Waals surface area contributed by atoms with Crippen molar-refractivity contribution in [2.75, 3.05) is 0 Å². The van der Waals surface area contributed by atoms with Crippen molar-refractivity contribution in [2.24, 2.45) is 11.1 Å². The lowest BCUT2D eigenvalue weighted by Gasteiger charge is -2.39. The molecule has 1 saturated heterocycles. The molecule has 0 atom stereocenters. The number of hydrogen-bond donors (Lipinski definition) is 1. The third-order valence-electron chi connectivity index (χ3n) is 4.81. The monoisotopic (exact) mass is 284 g/mol. The summed E-state index contributed by atoms with van der Waals surface area (Å²) in [7, 11) is 0. The summed E-state index contributed by atoms with van der Waals surface area (Å²) in [6.45, 7) is 7.75. The Morgan fingerprint density at radius 3 is 2.00 bits per heavy atom. The Morgan fingerprint density at radius 1 is 1.26 bits per heavy atom. The normalized spacial score (nSPS) is 19.1. The van der Waals surface area contributed by atoms with Crippen LogP contribution in [0.5, 0.6) is 0 Å². The minimum atomic E-state index is -0.796. The van der Waals surface area contributed by atoms with Gasteiger partial charge in [-0.1, -0.05) is 39.9 Å². The van der Waals surface area contributed by atoms with E-state index in [0.29, 0.717) is 25.7 Å². The van der Waals surface area contributed by atoms with E-state index >= 15 is 0 Å². The van der Waals surface area contributed by atoms with Crippen LogP contribution in [0.1, 0.15) is 59.8 Å². The molecule has 0 aromatic carbocycles. The first-order valence-corrected chi connectivity index (χ1v) is 7.43. The van der Waals surface area contributed by atoms with Gasteiger partial charge in [0.15, 0.2) is 0 Å². The van der Waals surface area contributed by atoms with Crippen LogP contribution in [0.25, 0.3) is 0 Å². The van der Waals surface area contributed by atoms with E-state index < -0.39 is 11.0 Å². The highest BCUT2D eigenvalue weighted by Crippen LogP contribution is 2.43. The van der Waals surface area contributed by atoms with Gasteiger partial charge in [0.1, 0.15) is 0 Å². The second-order valence-electron chi connectivity index (χ2n) is 5.30. The van der Waals surface area contributed by atoms with Crippen LogP contribution < -0.4 is 5.73 Å². The van der Waals surface area contributed by atoms with E-state index in [1.54, 1.807) is 0 Å². The summed E-state index contributed by atoms with van der Waals surface area (Å²) in [6.07, 6.45) is 2.76. The number of nitrogens with two attached hydrogens (primary N) is 1. The first-order valence-electron chi connectivity index (χ1n) is 7.02. The zero-order valence-corrected chi connectivity index (χ0v) is 13.1. The third-order valence-corrected chi connectivity index (χ3v) is 5.19. The summed E-state index contributed by atoms with van der Waals surface area (Å²) >= 11 is 5.15. The third kappa shape index (κ3) is 2.18. The van der Waals surface area contributed by atoms with Crippen molar-refractivity contribution < 1.29 is 9.59 Å². The van der Waals surface area contributed by atoms with Crippen LogP contribution in [0.2, 0.25) is 0 Å². The molecule has 1 rings (SSSR count). The van der Waals surface area contributed by atoms with Crippen LogP contribution in [0.3, 0.4) is 0 Å². The van der Waals surface area contributed by atoms with Gasteiger partial charge in [0.05, 0.1) is 15.9 Å². The summed E-state index contributed by atoms with van der Waals surface area (Å²) in [5.41, 5.74) is 4.50. The van der Waals surface area contributed by atoms with Gasteiger partial charge in [-0.2, -0.15) is 0 Å². The number of carbonyl (C=O) groups is 2. The topological polar surface area (TPSA) is 63.4 Å². The predicted octanol–water partition coefficient (Wildman–Crippen LogP) is 2.40. The van der Waals surface area contributed by atoms with E-state index in [4.69, 9.17) is 18.0 Å². The van der Waals surface area contributed by atoms with Crippen molar-refractivity contribution in [3.05, 3.63) is 0 Å². The number of rotatable bonds is 6. The molecule has 0 bridgehead atoms. The minimum Gasteiger partial charge on any atom is -0.391 e. The van der Waals surface area contributed by atoms with Gasteiger partial charge in [-0.15, -0.1) is 0 Å². The van der Waals surface area contributed by atoms with Gasteiger partial charge in [-0.25, -0.2) is 0 Å². The quantitative estimate of drug-likeness (QED) is 0.601. The lowest BCUT2D eigenvalue weighted by atomic mass is 9.80. The molecule has 19 heavy (non-hydrogen) atoms. The highest BCUT2D eigenvalue weighted by atomic mass is 32.1. The number of nitrogens with zero attached hydrogens (tertiary/aromatic N) is 1. The number of hydrogen-bond acceptors (Lipinski definition) is 3. The summed E-state index contributed by atoms with van der Waals surface area (Å²) < 4.78 is 0. The highest BCUT2D eigenvalue weighted by molar-refractivity contribution is 7.80. The molecule has 0 spiro atoms. The van der Waals surface area contributed by atoms with Gasteiger partial charge in [-0.3, -0.25) is 14.5 Å². The molecular formula is C14H24N2O2S. The zero-order chi connectivity index (χ0) is 14.8. The Hall–Kier alpha value is -0.970. The molecule has 0 radical (unpaired) electrons. The van der Waals surface area contributed by atoms with Crippen molar-refractivity contribution in [3.8, 4) is 0 Å². The number of imide groups is 1. The van der Waals surface area contributed by atoms with Crippen LogP contribution in [-0.2, 0) is 9.59 Å². The number of likely N-dealkylation sites (tertiary alicyclic amines) is 1. The summed E-state index contributed by atoms with van der Waals surface area (Å²) in [6, 6.07) is 0. The van der Waals surface area contributed by atoms with Crippen LogP contribution >= 0.6 is 12.2 Å².